The van der Waals surface area contributed by atoms with Gasteiger partial charge in [-0.1, -0.05) is 11.2 Å². The number of hydrogen-bond acceptors (Lipinski definition) is 7. The molecule has 1 aliphatic rings. The Hall–Kier alpha value is -2.45. The number of furan rings is 1. The number of aromatic nitrogens is 2. The third-order valence-corrected chi connectivity index (χ3v) is 5.35. The standard InChI is InChI=1S/C19H21N3O4S/c23-18(8-7-17-20-19(21-26-17)16-6-2-10-25-16)22(12-14-4-1-9-24-14)13-15-5-3-11-27-15/h2-3,5-6,10-11,14H,1,4,7-9,12-13H2. The van der Waals surface area contributed by atoms with Crippen molar-refractivity contribution in [3.8, 4) is 11.6 Å². The summed E-state index contributed by atoms with van der Waals surface area (Å²) in [4.78, 5) is 20.2. The maximum atomic E-state index is 12.8. The van der Waals surface area contributed by atoms with Crippen molar-refractivity contribution in [2.45, 2.75) is 38.3 Å². The fourth-order valence-corrected chi connectivity index (χ4v) is 3.83. The summed E-state index contributed by atoms with van der Waals surface area (Å²) in [6.07, 6.45) is 4.47. The first-order valence-electron chi connectivity index (χ1n) is 9.06. The number of carbonyl (C=O) groups is 1. The molecule has 4 heterocycles. The van der Waals surface area contributed by atoms with Crippen LogP contribution in [0.25, 0.3) is 11.6 Å². The van der Waals surface area contributed by atoms with E-state index in [9.17, 15) is 4.79 Å². The molecule has 7 nitrogen and oxygen atoms in total. The maximum absolute atomic E-state index is 12.8. The largest absolute Gasteiger partial charge is 0.461 e. The minimum Gasteiger partial charge on any atom is -0.461 e. The third kappa shape index (κ3) is 4.64. The van der Waals surface area contributed by atoms with Gasteiger partial charge in [0, 0.05) is 30.9 Å². The Morgan fingerprint density at radius 1 is 1.33 bits per heavy atom. The first kappa shape index (κ1) is 17.9. The molecule has 1 fully saturated rings. The van der Waals surface area contributed by atoms with E-state index >= 15 is 0 Å². The number of ether oxygens (including phenoxy) is 1. The van der Waals surface area contributed by atoms with Gasteiger partial charge in [0.1, 0.15) is 0 Å². The van der Waals surface area contributed by atoms with Gasteiger partial charge in [-0.25, -0.2) is 0 Å². The van der Waals surface area contributed by atoms with Crippen molar-refractivity contribution in [2.24, 2.45) is 0 Å². The van der Waals surface area contributed by atoms with E-state index in [1.807, 2.05) is 22.4 Å². The molecule has 0 bridgehead atoms. The highest BCUT2D eigenvalue weighted by atomic mass is 32.1. The van der Waals surface area contributed by atoms with Gasteiger partial charge < -0.3 is 18.6 Å². The van der Waals surface area contributed by atoms with Gasteiger partial charge >= 0.3 is 0 Å². The van der Waals surface area contributed by atoms with E-state index in [0.717, 1.165) is 19.4 Å². The van der Waals surface area contributed by atoms with Gasteiger partial charge in [0.2, 0.25) is 17.6 Å². The molecule has 27 heavy (non-hydrogen) atoms. The fraction of sp³-hybridized carbons (Fsp3) is 0.421. The van der Waals surface area contributed by atoms with E-state index in [4.69, 9.17) is 13.7 Å². The molecule has 0 radical (unpaired) electrons. The molecule has 4 rings (SSSR count). The molecule has 1 aliphatic heterocycles. The number of hydrogen-bond donors (Lipinski definition) is 0. The van der Waals surface area contributed by atoms with Crippen molar-refractivity contribution in [1.82, 2.24) is 15.0 Å². The van der Waals surface area contributed by atoms with Gasteiger partial charge in [-0.05, 0) is 36.4 Å². The maximum Gasteiger partial charge on any atom is 0.238 e. The van der Waals surface area contributed by atoms with Crippen molar-refractivity contribution in [2.75, 3.05) is 13.2 Å². The Labute approximate surface area is 160 Å². The van der Waals surface area contributed by atoms with Crippen molar-refractivity contribution >= 4 is 17.2 Å². The minimum atomic E-state index is 0.0663. The van der Waals surface area contributed by atoms with E-state index in [1.54, 1.807) is 29.7 Å². The molecule has 1 unspecified atom stereocenters. The molecule has 142 valence electrons. The SMILES string of the molecule is O=C(CCc1nc(-c2ccco2)no1)N(Cc1cccs1)CC1CCCO1. The second-order valence-electron chi connectivity index (χ2n) is 6.48. The van der Waals surface area contributed by atoms with Crippen molar-refractivity contribution in [1.29, 1.82) is 0 Å². The molecule has 0 saturated carbocycles. The Balaban J connectivity index is 1.37. The topological polar surface area (TPSA) is 81.6 Å². The molecular weight excluding hydrogens is 366 g/mol. The van der Waals surface area contributed by atoms with Crippen molar-refractivity contribution in [3.05, 3.63) is 46.7 Å². The Morgan fingerprint density at radius 2 is 2.30 bits per heavy atom. The second-order valence-corrected chi connectivity index (χ2v) is 7.51. The van der Waals surface area contributed by atoms with Crippen LogP contribution in [0.1, 0.15) is 30.0 Å². The highest BCUT2D eigenvalue weighted by Crippen LogP contribution is 2.19. The summed E-state index contributed by atoms with van der Waals surface area (Å²) in [6.45, 7) is 2.01. The van der Waals surface area contributed by atoms with Crippen LogP contribution < -0.4 is 0 Å². The summed E-state index contributed by atoms with van der Waals surface area (Å²) in [5.74, 6) is 1.45. The van der Waals surface area contributed by atoms with E-state index in [-0.39, 0.29) is 12.0 Å². The number of carbonyl (C=O) groups excluding carboxylic acids is 1. The number of thiophene rings is 1. The molecule has 0 spiro atoms. The Bertz CT molecular complexity index is 838. The lowest BCUT2D eigenvalue weighted by Gasteiger charge is -2.25. The molecular formula is C19H21N3O4S. The number of amides is 1. The molecule has 1 amide bonds. The lowest BCUT2D eigenvalue weighted by Crippen LogP contribution is -2.36. The van der Waals surface area contributed by atoms with Crippen LogP contribution in [0.3, 0.4) is 0 Å². The first-order valence-corrected chi connectivity index (χ1v) is 9.94. The molecule has 1 atom stereocenters. The monoisotopic (exact) mass is 387 g/mol. The lowest BCUT2D eigenvalue weighted by molar-refractivity contribution is -0.133. The van der Waals surface area contributed by atoms with Crippen molar-refractivity contribution in [3.63, 3.8) is 0 Å². The van der Waals surface area contributed by atoms with Crippen LogP contribution in [0.4, 0.5) is 0 Å². The van der Waals surface area contributed by atoms with Gasteiger partial charge in [0.15, 0.2) is 5.76 Å². The summed E-state index contributed by atoms with van der Waals surface area (Å²) in [6, 6.07) is 7.59. The average Bonchev–Trinajstić information content (AvgIpc) is 3.48. The van der Waals surface area contributed by atoms with Crippen LogP contribution in [0, 0.1) is 0 Å². The van der Waals surface area contributed by atoms with E-state index in [1.165, 1.54) is 4.88 Å². The summed E-state index contributed by atoms with van der Waals surface area (Å²) in [5, 5.41) is 5.93. The third-order valence-electron chi connectivity index (χ3n) is 4.49. The summed E-state index contributed by atoms with van der Waals surface area (Å²) in [7, 11) is 0. The van der Waals surface area contributed by atoms with E-state index < -0.39 is 0 Å². The summed E-state index contributed by atoms with van der Waals surface area (Å²) >= 11 is 1.66. The Kier molecular flexibility index (Phi) is 5.64. The minimum absolute atomic E-state index is 0.0663. The second kappa shape index (κ2) is 8.49. The predicted molar refractivity (Wildman–Crippen MR) is 99.0 cm³/mol. The van der Waals surface area contributed by atoms with E-state index in [0.29, 0.717) is 43.4 Å². The Morgan fingerprint density at radius 3 is 3.04 bits per heavy atom. The van der Waals surface area contributed by atoms with Crippen LogP contribution >= 0.6 is 11.3 Å². The highest BCUT2D eigenvalue weighted by molar-refractivity contribution is 7.09. The normalized spacial score (nSPS) is 16.7. The molecule has 3 aromatic rings. The smallest absolute Gasteiger partial charge is 0.238 e. The van der Waals surface area contributed by atoms with Crippen LogP contribution in [-0.4, -0.2) is 40.2 Å². The number of rotatable bonds is 8. The lowest BCUT2D eigenvalue weighted by atomic mass is 10.2. The fourth-order valence-electron chi connectivity index (χ4n) is 3.11. The van der Waals surface area contributed by atoms with Gasteiger partial charge in [-0.2, -0.15) is 4.98 Å². The predicted octanol–water partition coefficient (Wildman–Crippen LogP) is 3.53. The molecule has 1 saturated heterocycles. The molecule has 0 N–H and O–H groups in total. The molecule has 0 aliphatic carbocycles. The van der Waals surface area contributed by atoms with E-state index in [2.05, 4.69) is 10.1 Å². The quantitative estimate of drug-likeness (QED) is 0.588. The van der Waals surface area contributed by atoms with Crippen LogP contribution in [0.15, 0.2) is 44.8 Å². The van der Waals surface area contributed by atoms with Gasteiger partial charge in [0.05, 0.1) is 18.9 Å². The zero-order valence-electron chi connectivity index (χ0n) is 14.9. The van der Waals surface area contributed by atoms with Crippen LogP contribution in [0.5, 0.6) is 0 Å². The number of nitrogens with zero attached hydrogens (tertiary/aromatic N) is 3. The average molecular weight is 387 g/mol. The summed E-state index contributed by atoms with van der Waals surface area (Å²) < 4.78 is 16.2. The van der Waals surface area contributed by atoms with Gasteiger partial charge in [-0.15, -0.1) is 11.3 Å². The number of aryl methyl sites for hydroxylation is 1. The molecule has 8 heteroatoms. The van der Waals surface area contributed by atoms with Crippen LogP contribution in [0.2, 0.25) is 0 Å². The zero-order chi connectivity index (χ0) is 18.5. The van der Waals surface area contributed by atoms with Gasteiger partial charge in [-0.3, -0.25) is 4.79 Å². The molecule has 0 aromatic carbocycles. The summed E-state index contributed by atoms with van der Waals surface area (Å²) in [5.41, 5.74) is 0. The van der Waals surface area contributed by atoms with Crippen molar-refractivity contribution < 1.29 is 18.5 Å². The van der Waals surface area contributed by atoms with Crippen LogP contribution in [-0.2, 0) is 22.5 Å². The first-order chi connectivity index (χ1) is 13.3. The molecule has 3 aromatic heterocycles. The van der Waals surface area contributed by atoms with Gasteiger partial charge in [0.25, 0.3) is 0 Å². The highest BCUT2D eigenvalue weighted by Gasteiger charge is 2.23. The zero-order valence-corrected chi connectivity index (χ0v) is 15.7.